The minimum absolute atomic E-state index is 0.0360. The van der Waals surface area contributed by atoms with E-state index in [2.05, 4.69) is 5.32 Å². The van der Waals surface area contributed by atoms with Crippen molar-refractivity contribution >= 4 is 53.1 Å². The largest absolute Gasteiger partial charge is 0.465 e. The summed E-state index contributed by atoms with van der Waals surface area (Å²) in [4.78, 5) is 36.5. The van der Waals surface area contributed by atoms with Gasteiger partial charge in [-0.25, -0.2) is 4.79 Å². The maximum absolute atomic E-state index is 12.9. The summed E-state index contributed by atoms with van der Waals surface area (Å²) in [6.45, 7) is -0.374. The van der Waals surface area contributed by atoms with Crippen molar-refractivity contribution in [1.29, 1.82) is 0 Å². The van der Waals surface area contributed by atoms with Gasteiger partial charge in [-0.05, 0) is 41.8 Å². The van der Waals surface area contributed by atoms with Crippen LogP contribution in [0.3, 0.4) is 0 Å². The predicted octanol–water partition coefficient (Wildman–Crippen LogP) is 6.28. The van der Waals surface area contributed by atoms with Crippen molar-refractivity contribution in [3.63, 3.8) is 0 Å². The highest BCUT2D eigenvalue weighted by atomic mass is 35.5. The number of carbonyl (C=O) groups is 3. The zero-order valence-electron chi connectivity index (χ0n) is 18.4. The molecule has 0 aromatic heterocycles. The smallest absolute Gasteiger partial charge is 0.405 e. The van der Waals surface area contributed by atoms with Gasteiger partial charge < -0.3 is 20.1 Å². The van der Waals surface area contributed by atoms with E-state index in [1.165, 1.54) is 37.4 Å². The lowest BCUT2D eigenvalue weighted by molar-refractivity contribution is -0.161. The molecule has 0 aliphatic carbocycles. The number of halogens is 6. The topological polar surface area (TPSA) is 86.7 Å². The quantitative estimate of drug-likeness (QED) is 0.339. The van der Waals surface area contributed by atoms with Crippen molar-refractivity contribution < 1.29 is 32.7 Å². The molecule has 2 N–H and O–H groups in total. The van der Waals surface area contributed by atoms with E-state index in [1.807, 2.05) is 0 Å². The second-order valence-corrected chi connectivity index (χ2v) is 9.22. The molecule has 0 saturated carbocycles. The molecule has 0 saturated heterocycles. The second kappa shape index (κ2) is 12.0. The van der Waals surface area contributed by atoms with Gasteiger partial charge in [0.05, 0.1) is 16.1 Å². The summed E-state index contributed by atoms with van der Waals surface area (Å²) in [5.74, 6) is -1.22. The normalized spacial score (nSPS) is 14.0. The van der Waals surface area contributed by atoms with Gasteiger partial charge >= 0.3 is 12.3 Å². The molecule has 2 aromatic carbocycles. The third-order valence-electron chi connectivity index (χ3n) is 5.52. The van der Waals surface area contributed by atoms with Crippen LogP contribution in [0.1, 0.15) is 36.4 Å². The van der Waals surface area contributed by atoms with Gasteiger partial charge in [0.1, 0.15) is 12.7 Å². The van der Waals surface area contributed by atoms with Crippen LogP contribution in [-0.4, -0.2) is 48.1 Å². The standard InChI is InChI=1S/C23H22Cl3F3N2O4/c1-31(19(33)12-23(27,28)29)13-22(9-2-10-32,15-5-8-17(25)18(26)11-15)20(30-21(34)35)14-3-6-16(24)7-4-14/h3-8,10-11,20,30H,2,9,12-13H2,1H3,(H,34,35)/t20?,22-/m1/s1. The van der Waals surface area contributed by atoms with Gasteiger partial charge in [0, 0.05) is 30.5 Å². The van der Waals surface area contributed by atoms with Crippen molar-refractivity contribution in [3.05, 3.63) is 68.7 Å². The predicted molar refractivity (Wildman–Crippen MR) is 127 cm³/mol. The SMILES string of the molecule is CN(C[C@](CCC=O)(c1ccc(Cl)c(Cl)c1)C(NC(=O)O)c1ccc(Cl)cc1)C(=O)CC(F)(F)F. The molecular formula is C23H22Cl3F3N2O4. The van der Waals surface area contributed by atoms with Gasteiger partial charge in [-0.2, -0.15) is 13.2 Å². The Morgan fingerprint density at radius 3 is 2.23 bits per heavy atom. The van der Waals surface area contributed by atoms with Crippen molar-refractivity contribution in [2.75, 3.05) is 13.6 Å². The average molecular weight is 554 g/mol. The van der Waals surface area contributed by atoms with Crippen LogP contribution >= 0.6 is 34.8 Å². The Morgan fingerprint density at radius 1 is 1.09 bits per heavy atom. The van der Waals surface area contributed by atoms with E-state index in [9.17, 15) is 32.7 Å². The van der Waals surface area contributed by atoms with Crippen molar-refractivity contribution in [1.82, 2.24) is 10.2 Å². The Morgan fingerprint density at radius 2 is 1.71 bits per heavy atom. The molecule has 0 aliphatic heterocycles. The Balaban J connectivity index is 2.77. The monoisotopic (exact) mass is 552 g/mol. The number of rotatable bonds is 10. The highest BCUT2D eigenvalue weighted by Crippen LogP contribution is 2.44. The number of nitrogens with one attached hydrogen (secondary N) is 1. The molecule has 6 nitrogen and oxygen atoms in total. The van der Waals surface area contributed by atoms with Crippen molar-refractivity contribution in [3.8, 4) is 0 Å². The lowest BCUT2D eigenvalue weighted by atomic mass is 9.68. The van der Waals surface area contributed by atoms with E-state index >= 15 is 0 Å². The number of alkyl halides is 3. The summed E-state index contributed by atoms with van der Waals surface area (Å²) in [7, 11) is 1.18. The maximum atomic E-state index is 12.9. The molecule has 2 aromatic rings. The first-order chi connectivity index (χ1) is 16.3. The third-order valence-corrected chi connectivity index (χ3v) is 6.51. The summed E-state index contributed by atoms with van der Waals surface area (Å²) in [5.41, 5.74) is -0.642. The van der Waals surface area contributed by atoms with E-state index < -0.39 is 36.1 Å². The number of benzene rings is 2. The molecule has 0 bridgehead atoms. The Labute approximate surface area is 214 Å². The molecule has 190 valence electrons. The molecule has 2 rings (SSSR count). The molecule has 12 heteroatoms. The fourth-order valence-corrected chi connectivity index (χ4v) is 4.40. The summed E-state index contributed by atoms with van der Waals surface area (Å²) >= 11 is 18.3. The van der Waals surface area contributed by atoms with Gasteiger partial charge in [0.15, 0.2) is 0 Å². The molecule has 1 unspecified atom stereocenters. The van der Waals surface area contributed by atoms with Crippen LogP contribution in [0.5, 0.6) is 0 Å². The lowest BCUT2D eigenvalue weighted by Crippen LogP contribution is -2.51. The first-order valence-electron chi connectivity index (χ1n) is 10.2. The summed E-state index contributed by atoms with van der Waals surface area (Å²) in [6.07, 6.45) is -7.39. The summed E-state index contributed by atoms with van der Waals surface area (Å²) in [5, 5.41) is 12.7. The number of carbonyl (C=O) groups excluding carboxylic acids is 2. The molecular weight excluding hydrogens is 532 g/mol. The maximum Gasteiger partial charge on any atom is 0.405 e. The first kappa shape index (κ1) is 28.7. The molecule has 0 aliphatic rings. The van der Waals surface area contributed by atoms with E-state index in [1.54, 1.807) is 12.1 Å². The minimum Gasteiger partial charge on any atom is -0.465 e. The fraction of sp³-hybridized carbons (Fsp3) is 0.348. The molecule has 0 fully saturated rings. The van der Waals surface area contributed by atoms with E-state index in [-0.39, 0.29) is 29.4 Å². The minimum atomic E-state index is -4.74. The molecule has 0 radical (unpaired) electrons. The van der Waals surface area contributed by atoms with Crippen LogP contribution in [0.15, 0.2) is 42.5 Å². The second-order valence-electron chi connectivity index (χ2n) is 7.97. The van der Waals surface area contributed by atoms with Crippen LogP contribution in [-0.2, 0) is 15.0 Å². The van der Waals surface area contributed by atoms with Crippen molar-refractivity contribution in [2.24, 2.45) is 0 Å². The molecule has 0 spiro atoms. The summed E-state index contributed by atoms with van der Waals surface area (Å²) in [6, 6.07) is 9.45. The first-order valence-corrected chi connectivity index (χ1v) is 11.4. The molecule has 2 amide bonds. The molecule has 35 heavy (non-hydrogen) atoms. The number of likely N-dealkylation sites (N-methyl/N-ethyl adjacent to an activating group) is 1. The van der Waals surface area contributed by atoms with Gasteiger partial charge in [-0.3, -0.25) is 4.79 Å². The number of amides is 2. The van der Waals surface area contributed by atoms with Gasteiger partial charge in [0.25, 0.3) is 0 Å². The number of carboxylic acid groups (broad SMARTS) is 1. The van der Waals surface area contributed by atoms with Crippen LogP contribution in [0.2, 0.25) is 15.1 Å². The van der Waals surface area contributed by atoms with Gasteiger partial charge in [-0.1, -0.05) is 53.0 Å². The highest BCUT2D eigenvalue weighted by molar-refractivity contribution is 6.42. The highest BCUT2D eigenvalue weighted by Gasteiger charge is 2.45. The number of nitrogens with zero attached hydrogens (tertiary/aromatic N) is 1. The molecule has 0 heterocycles. The average Bonchev–Trinajstić information content (AvgIpc) is 2.76. The van der Waals surface area contributed by atoms with E-state index in [4.69, 9.17) is 34.8 Å². The lowest BCUT2D eigenvalue weighted by Gasteiger charge is -2.44. The van der Waals surface area contributed by atoms with Gasteiger partial charge in [-0.15, -0.1) is 0 Å². The van der Waals surface area contributed by atoms with Crippen LogP contribution < -0.4 is 5.32 Å². The Bertz CT molecular complexity index is 1070. The van der Waals surface area contributed by atoms with Crippen LogP contribution in [0.4, 0.5) is 18.0 Å². The third kappa shape index (κ3) is 7.75. The van der Waals surface area contributed by atoms with Crippen LogP contribution in [0, 0.1) is 0 Å². The zero-order chi connectivity index (χ0) is 26.4. The Kier molecular flexibility index (Phi) is 9.83. The van der Waals surface area contributed by atoms with Crippen LogP contribution in [0.25, 0.3) is 0 Å². The number of hydrogen-bond donors (Lipinski definition) is 2. The summed E-state index contributed by atoms with van der Waals surface area (Å²) < 4.78 is 38.8. The number of aldehydes is 1. The molecule has 2 atom stereocenters. The number of hydrogen-bond acceptors (Lipinski definition) is 3. The van der Waals surface area contributed by atoms with Gasteiger partial charge in [0.2, 0.25) is 5.91 Å². The zero-order valence-corrected chi connectivity index (χ0v) is 20.7. The van der Waals surface area contributed by atoms with Crippen molar-refractivity contribution in [2.45, 2.75) is 36.9 Å². The fourth-order valence-electron chi connectivity index (χ4n) is 3.98. The van der Waals surface area contributed by atoms with E-state index in [0.29, 0.717) is 22.4 Å². The Hall–Kier alpha value is -2.49. The van der Waals surface area contributed by atoms with E-state index in [0.717, 1.165) is 4.90 Å².